The number of hydrogen-bond donors (Lipinski definition) is 3. The summed E-state index contributed by atoms with van der Waals surface area (Å²) in [4.78, 5) is 11.6. The van der Waals surface area contributed by atoms with Crippen LogP contribution in [0.15, 0.2) is 0 Å². The van der Waals surface area contributed by atoms with Gasteiger partial charge in [0.15, 0.2) is 0 Å². The van der Waals surface area contributed by atoms with Crippen LogP contribution in [-0.4, -0.2) is 40.2 Å². The molecular formula is C12H27N3O3S. The van der Waals surface area contributed by atoms with E-state index < -0.39 is 10.0 Å². The standard InChI is InChI=1S/C12H27N3O3S/c1-10(2)11(6-7-13)4-5-12(16)15-8-9-19(17,18)14-3/h10-11,14H,4-9,13H2,1-3H3,(H,15,16). The number of nitrogens with one attached hydrogen (secondary N) is 2. The van der Waals surface area contributed by atoms with E-state index in [1.165, 1.54) is 7.05 Å². The SMILES string of the molecule is CNS(=O)(=O)CCNC(=O)CCC(CCN)C(C)C. The molecule has 7 heteroatoms. The molecule has 0 bridgehead atoms. The number of rotatable bonds is 10. The van der Waals surface area contributed by atoms with Gasteiger partial charge in [-0.15, -0.1) is 0 Å². The molecule has 1 amide bonds. The molecule has 0 heterocycles. The van der Waals surface area contributed by atoms with Gasteiger partial charge < -0.3 is 11.1 Å². The lowest BCUT2D eigenvalue weighted by Gasteiger charge is -2.19. The Hall–Kier alpha value is -0.660. The van der Waals surface area contributed by atoms with Crippen molar-refractivity contribution in [2.24, 2.45) is 17.6 Å². The van der Waals surface area contributed by atoms with Crippen LogP contribution in [0.3, 0.4) is 0 Å². The maximum atomic E-state index is 11.6. The minimum absolute atomic E-state index is 0.0916. The van der Waals surface area contributed by atoms with Gasteiger partial charge in [0.2, 0.25) is 15.9 Å². The molecule has 0 radical (unpaired) electrons. The van der Waals surface area contributed by atoms with Crippen molar-refractivity contribution in [3.05, 3.63) is 0 Å². The summed E-state index contributed by atoms with van der Waals surface area (Å²) in [7, 11) is -1.89. The third-order valence-electron chi connectivity index (χ3n) is 3.23. The summed E-state index contributed by atoms with van der Waals surface area (Å²) in [6.45, 7) is 5.02. The minimum atomic E-state index is -3.25. The first-order valence-electron chi connectivity index (χ1n) is 6.70. The summed E-state index contributed by atoms with van der Waals surface area (Å²) in [6.07, 6.45) is 2.13. The molecule has 114 valence electrons. The Bertz CT molecular complexity index is 355. The van der Waals surface area contributed by atoms with Crippen molar-refractivity contribution < 1.29 is 13.2 Å². The van der Waals surface area contributed by atoms with Crippen LogP contribution < -0.4 is 15.8 Å². The number of sulfonamides is 1. The predicted molar refractivity (Wildman–Crippen MR) is 77.1 cm³/mol. The number of carbonyl (C=O) groups excluding carboxylic acids is 1. The van der Waals surface area contributed by atoms with Crippen molar-refractivity contribution >= 4 is 15.9 Å². The summed E-state index contributed by atoms with van der Waals surface area (Å²) < 4.78 is 24.5. The highest BCUT2D eigenvalue weighted by atomic mass is 32.2. The van der Waals surface area contributed by atoms with Crippen LogP contribution in [0.1, 0.15) is 33.1 Å². The Morgan fingerprint density at radius 1 is 1.26 bits per heavy atom. The summed E-state index contributed by atoms with van der Waals surface area (Å²) in [5.41, 5.74) is 5.54. The molecule has 1 atom stereocenters. The summed E-state index contributed by atoms with van der Waals surface area (Å²) in [6, 6.07) is 0. The fourth-order valence-corrected chi connectivity index (χ4v) is 2.43. The van der Waals surface area contributed by atoms with Crippen LogP contribution in [0.4, 0.5) is 0 Å². The Morgan fingerprint density at radius 2 is 1.89 bits per heavy atom. The fraction of sp³-hybridized carbons (Fsp3) is 0.917. The summed E-state index contributed by atoms with van der Waals surface area (Å²) >= 11 is 0. The van der Waals surface area contributed by atoms with Gasteiger partial charge in [0.25, 0.3) is 0 Å². The van der Waals surface area contributed by atoms with Crippen LogP contribution in [-0.2, 0) is 14.8 Å². The van der Waals surface area contributed by atoms with E-state index in [9.17, 15) is 13.2 Å². The fourth-order valence-electron chi connectivity index (χ4n) is 1.86. The highest BCUT2D eigenvalue weighted by Gasteiger charge is 2.14. The molecule has 0 aromatic carbocycles. The molecule has 0 aromatic rings. The zero-order valence-corrected chi connectivity index (χ0v) is 12.9. The monoisotopic (exact) mass is 293 g/mol. The van der Waals surface area contributed by atoms with E-state index in [1.54, 1.807) is 0 Å². The number of hydrogen-bond acceptors (Lipinski definition) is 4. The first kappa shape index (κ1) is 18.3. The highest BCUT2D eigenvalue weighted by molar-refractivity contribution is 7.89. The molecule has 0 aliphatic heterocycles. The molecule has 19 heavy (non-hydrogen) atoms. The van der Waals surface area contributed by atoms with Crippen LogP contribution in [0.2, 0.25) is 0 Å². The van der Waals surface area contributed by atoms with Crippen LogP contribution >= 0.6 is 0 Å². The van der Waals surface area contributed by atoms with Crippen molar-refractivity contribution in [1.29, 1.82) is 0 Å². The largest absolute Gasteiger partial charge is 0.355 e. The molecule has 0 saturated heterocycles. The van der Waals surface area contributed by atoms with E-state index in [4.69, 9.17) is 5.73 Å². The Balaban J connectivity index is 3.92. The topological polar surface area (TPSA) is 101 Å². The average molecular weight is 293 g/mol. The zero-order chi connectivity index (χ0) is 14.9. The van der Waals surface area contributed by atoms with Gasteiger partial charge in [-0.3, -0.25) is 4.79 Å². The first-order valence-corrected chi connectivity index (χ1v) is 8.35. The van der Waals surface area contributed by atoms with E-state index in [0.717, 1.165) is 12.8 Å². The average Bonchev–Trinajstić information content (AvgIpc) is 2.33. The zero-order valence-electron chi connectivity index (χ0n) is 12.1. The molecule has 6 nitrogen and oxygen atoms in total. The molecule has 0 saturated carbocycles. The van der Waals surface area contributed by atoms with E-state index in [1.807, 2.05) is 0 Å². The lowest BCUT2D eigenvalue weighted by Crippen LogP contribution is -2.33. The van der Waals surface area contributed by atoms with Crippen molar-refractivity contribution in [2.75, 3.05) is 25.9 Å². The van der Waals surface area contributed by atoms with Gasteiger partial charge >= 0.3 is 0 Å². The highest BCUT2D eigenvalue weighted by Crippen LogP contribution is 2.20. The van der Waals surface area contributed by atoms with E-state index in [0.29, 0.717) is 24.8 Å². The second kappa shape index (κ2) is 9.28. The van der Waals surface area contributed by atoms with Crippen molar-refractivity contribution in [1.82, 2.24) is 10.0 Å². The van der Waals surface area contributed by atoms with Crippen LogP contribution in [0, 0.1) is 11.8 Å². The lowest BCUT2D eigenvalue weighted by molar-refractivity contribution is -0.121. The molecule has 0 rings (SSSR count). The second-order valence-corrected chi connectivity index (χ2v) is 7.04. The number of amides is 1. The van der Waals surface area contributed by atoms with Crippen LogP contribution in [0.25, 0.3) is 0 Å². The first-order chi connectivity index (χ1) is 8.82. The van der Waals surface area contributed by atoms with E-state index in [-0.39, 0.29) is 18.2 Å². The van der Waals surface area contributed by atoms with Crippen molar-refractivity contribution in [3.8, 4) is 0 Å². The second-order valence-electron chi connectivity index (χ2n) is 4.99. The van der Waals surface area contributed by atoms with Crippen LogP contribution in [0.5, 0.6) is 0 Å². The smallest absolute Gasteiger partial charge is 0.220 e. The third kappa shape index (κ3) is 8.96. The normalized spacial score (nSPS) is 13.5. The van der Waals surface area contributed by atoms with Gasteiger partial charge in [-0.05, 0) is 38.3 Å². The number of carbonyl (C=O) groups is 1. The van der Waals surface area contributed by atoms with Gasteiger partial charge in [0, 0.05) is 13.0 Å². The van der Waals surface area contributed by atoms with Gasteiger partial charge in [-0.2, -0.15) is 0 Å². The number of nitrogens with two attached hydrogens (primary N) is 1. The summed E-state index contributed by atoms with van der Waals surface area (Å²) in [5, 5.41) is 2.62. The quantitative estimate of drug-likeness (QED) is 0.530. The molecule has 0 aromatic heterocycles. The van der Waals surface area contributed by atoms with E-state index >= 15 is 0 Å². The Kier molecular flexibility index (Phi) is 8.95. The molecule has 4 N–H and O–H groups in total. The third-order valence-corrected chi connectivity index (χ3v) is 4.59. The predicted octanol–water partition coefficient (Wildman–Crippen LogP) is 0.0530. The molecule has 0 spiro atoms. The van der Waals surface area contributed by atoms with E-state index in [2.05, 4.69) is 23.9 Å². The maximum Gasteiger partial charge on any atom is 0.220 e. The molecule has 0 fully saturated rings. The Labute approximate surface area is 116 Å². The molecular weight excluding hydrogens is 266 g/mol. The molecule has 1 unspecified atom stereocenters. The van der Waals surface area contributed by atoms with Gasteiger partial charge in [0.1, 0.15) is 0 Å². The molecule has 0 aliphatic carbocycles. The van der Waals surface area contributed by atoms with Gasteiger partial charge in [-0.1, -0.05) is 13.8 Å². The van der Waals surface area contributed by atoms with Crippen molar-refractivity contribution in [2.45, 2.75) is 33.1 Å². The molecule has 0 aliphatic rings. The summed E-state index contributed by atoms with van der Waals surface area (Å²) in [5.74, 6) is 0.748. The van der Waals surface area contributed by atoms with Gasteiger partial charge in [0.05, 0.1) is 5.75 Å². The minimum Gasteiger partial charge on any atom is -0.355 e. The van der Waals surface area contributed by atoms with Gasteiger partial charge in [-0.25, -0.2) is 13.1 Å². The lowest BCUT2D eigenvalue weighted by atomic mass is 9.88. The Morgan fingerprint density at radius 3 is 2.37 bits per heavy atom. The maximum absolute atomic E-state index is 11.6. The van der Waals surface area contributed by atoms with Crippen molar-refractivity contribution in [3.63, 3.8) is 0 Å².